The molecule has 0 fully saturated rings. The fourth-order valence-corrected chi connectivity index (χ4v) is 3.94. The summed E-state index contributed by atoms with van der Waals surface area (Å²) in [4.78, 5) is 4.14. The maximum Gasteiger partial charge on any atom is 0.136 e. The Hall–Kier alpha value is -2.35. The van der Waals surface area contributed by atoms with Gasteiger partial charge in [-0.3, -0.25) is 4.57 Å². The van der Waals surface area contributed by atoms with Crippen molar-refractivity contribution in [2.45, 2.75) is 0 Å². The van der Waals surface area contributed by atoms with Crippen LogP contribution in [0.2, 0.25) is 0 Å². The summed E-state index contributed by atoms with van der Waals surface area (Å²) in [6.45, 7) is 0. The zero-order chi connectivity index (χ0) is 15.9. The number of hydrogen-bond acceptors (Lipinski definition) is 3. The van der Waals surface area contributed by atoms with Crippen LogP contribution in [0.4, 0.5) is 0 Å². The maximum atomic E-state index is 12.0. The summed E-state index contributed by atoms with van der Waals surface area (Å²) in [5, 5.41) is 1.77. The average Bonchev–Trinajstić information content (AvgIpc) is 3.12. The van der Waals surface area contributed by atoms with Gasteiger partial charge in [-0.25, -0.2) is 4.98 Å². The Labute approximate surface area is 140 Å². The number of benzene rings is 3. The molecule has 2 nitrogen and oxygen atoms in total. The Morgan fingerprint density at radius 1 is 0.696 bits per heavy atom. The molecule has 0 aliphatic rings. The molecule has 4 heteroatoms. The van der Waals surface area contributed by atoms with E-state index in [-0.39, 0.29) is 0 Å². The third-order valence-corrected chi connectivity index (χ3v) is 5.56. The quantitative estimate of drug-likeness (QED) is 0.494. The van der Waals surface area contributed by atoms with Crippen molar-refractivity contribution in [2.75, 3.05) is 0 Å². The van der Waals surface area contributed by atoms with Crippen LogP contribution < -0.4 is 10.6 Å². The maximum absolute atomic E-state index is 12.0. The molecule has 4 aromatic rings. The molecule has 0 bridgehead atoms. The minimum Gasteiger partial charge on any atom is -0.277 e. The second kappa shape index (κ2) is 7.77. The van der Waals surface area contributed by atoms with E-state index in [1.165, 1.54) is 4.70 Å². The van der Waals surface area contributed by atoms with Gasteiger partial charge in [-0.1, -0.05) is 48.5 Å². The van der Waals surface area contributed by atoms with Gasteiger partial charge in [0.15, 0.2) is 0 Å². The average molecular weight is 336 g/mol. The number of fused-ring (bicyclic) bond motifs is 1. The van der Waals surface area contributed by atoms with Crippen LogP contribution >= 0.6 is 19.1 Å². The van der Waals surface area contributed by atoms with E-state index in [0.717, 1.165) is 16.1 Å². The molecule has 1 aromatic heterocycles. The Morgan fingerprint density at radius 3 is 1.78 bits per heavy atom. The monoisotopic (exact) mass is 336 g/mol. The Morgan fingerprint density at radius 2 is 1.22 bits per heavy atom. The highest BCUT2D eigenvalue weighted by atomic mass is 32.1. The Balaban J connectivity index is 0.000000149. The van der Waals surface area contributed by atoms with Crippen molar-refractivity contribution in [3.8, 4) is 0 Å². The van der Waals surface area contributed by atoms with Crippen molar-refractivity contribution < 1.29 is 4.57 Å². The molecule has 0 saturated heterocycles. The SMILES string of the molecule is O=[P](c1ccccc1)c1ccccc1.c1ccc2scnc2c1. The largest absolute Gasteiger partial charge is 0.277 e. The van der Waals surface area contributed by atoms with Crippen LogP contribution in [0.1, 0.15) is 0 Å². The van der Waals surface area contributed by atoms with Gasteiger partial charge in [0.05, 0.1) is 15.7 Å². The van der Waals surface area contributed by atoms with Crippen molar-refractivity contribution in [2.24, 2.45) is 0 Å². The molecule has 1 heterocycles. The van der Waals surface area contributed by atoms with Crippen LogP contribution in [0.5, 0.6) is 0 Å². The highest BCUT2D eigenvalue weighted by Gasteiger charge is 2.05. The number of nitrogens with zero attached hydrogens (tertiary/aromatic N) is 1. The molecule has 3 aromatic carbocycles. The van der Waals surface area contributed by atoms with E-state index >= 15 is 0 Å². The normalized spacial score (nSPS) is 9.91. The summed E-state index contributed by atoms with van der Waals surface area (Å²) in [6, 6.07) is 27.2. The van der Waals surface area contributed by atoms with Crippen LogP contribution in [-0.4, -0.2) is 4.98 Å². The first-order valence-electron chi connectivity index (χ1n) is 7.20. The van der Waals surface area contributed by atoms with E-state index in [1.807, 2.05) is 84.4 Å². The number of thiazole rings is 1. The van der Waals surface area contributed by atoms with Gasteiger partial charge < -0.3 is 0 Å². The summed E-state index contributed by atoms with van der Waals surface area (Å²) in [5.41, 5.74) is 2.97. The minimum absolute atomic E-state index is 0.883. The summed E-state index contributed by atoms with van der Waals surface area (Å²) in [5.74, 6) is 0. The molecule has 0 atom stereocenters. The molecular weight excluding hydrogens is 321 g/mol. The van der Waals surface area contributed by atoms with Gasteiger partial charge in [0, 0.05) is 10.6 Å². The molecule has 0 amide bonds. The second-order valence-corrected chi connectivity index (χ2v) is 7.29. The molecule has 0 spiro atoms. The van der Waals surface area contributed by atoms with Crippen LogP contribution in [0.3, 0.4) is 0 Å². The van der Waals surface area contributed by atoms with Crippen molar-refractivity contribution in [1.29, 1.82) is 0 Å². The molecule has 0 saturated carbocycles. The first-order valence-corrected chi connectivity index (χ1v) is 9.34. The highest BCUT2D eigenvalue weighted by Crippen LogP contribution is 2.18. The molecule has 0 aliphatic heterocycles. The lowest BCUT2D eigenvalue weighted by Crippen LogP contribution is -2.04. The number of rotatable bonds is 2. The summed E-state index contributed by atoms with van der Waals surface area (Å²) in [7, 11) is -1.42. The lowest BCUT2D eigenvalue weighted by molar-refractivity contribution is 0.598. The zero-order valence-electron chi connectivity index (χ0n) is 12.4. The first kappa shape index (κ1) is 15.5. The van der Waals surface area contributed by atoms with Gasteiger partial charge in [0.25, 0.3) is 0 Å². The Kier molecular flexibility index (Phi) is 5.25. The molecule has 0 unspecified atom stereocenters. The van der Waals surface area contributed by atoms with E-state index < -0.39 is 7.80 Å². The first-order chi connectivity index (χ1) is 11.3. The van der Waals surface area contributed by atoms with E-state index in [2.05, 4.69) is 11.1 Å². The standard InChI is InChI=1S/C12H10OP.C7H5NS/c13-14(11-7-3-1-4-8-11)12-9-5-2-6-10-12;1-2-4-7-6(3-1)8-5-9-7/h1-10H;1-5H. The van der Waals surface area contributed by atoms with Gasteiger partial charge in [-0.05, 0) is 36.4 Å². The van der Waals surface area contributed by atoms with Crippen molar-refractivity contribution in [3.63, 3.8) is 0 Å². The molecule has 0 aliphatic carbocycles. The molecule has 4 rings (SSSR count). The van der Waals surface area contributed by atoms with Gasteiger partial charge in [-0.2, -0.15) is 0 Å². The van der Waals surface area contributed by atoms with Crippen LogP contribution in [0, 0.1) is 0 Å². The lowest BCUT2D eigenvalue weighted by Gasteiger charge is -1.99. The summed E-state index contributed by atoms with van der Waals surface area (Å²) >= 11 is 1.68. The minimum atomic E-state index is -1.42. The van der Waals surface area contributed by atoms with E-state index in [1.54, 1.807) is 11.3 Å². The molecule has 0 N–H and O–H groups in total. The lowest BCUT2D eigenvalue weighted by atomic mass is 10.3. The predicted molar refractivity (Wildman–Crippen MR) is 99.4 cm³/mol. The fraction of sp³-hybridized carbons (Fsp3) is 0. The third-order valence-electron chi connectivity index (χ3n) is 3.22. The van der Waals surface area contributed by atoms with Crippen molar-refractivity contribution >= 4 is 40.0 Å². The van der Waals surface area contributed by atoms with E-state index in [4.69, 9.17) is 0 Å². The van der Waals surface area contributed by atoms with Gasteiger partial charge in [-0.15, -0.1) is 11.3 Å². The van der Waals surface area contributed by atoms with Crippen LogP contribution in [-0.2, 0) is 4.57 Å². The van der Waals surface area contributed by atoms with E-state index in [9.17, 15) is 4.57 Å². The molecular formula is C19H15NOPS. The summed E-state index contributed by atoms with van der Waals surface area (Å²) in [6.07, 6.45) is 0. The Bertz CT molecular complexity index is 819. The van der Waals surface area contributed by atoms with Crippen molar-refractivity contribution in [3.05, 3.63) is 90.4 Å². The molecule has 113 valence electrons. The van der Waals surface area contributed by atoms with E-state index in [0.29, 0.717) is 0 Å². The second-order valence-electron chi connectivity index (χ2n) is 4.79. The smallest absolute Gasteiger partial charge is 0.136 e. The summed E-state index contributed by atoms with van der Waals surface area (Å²) < 4.78 is 13.3. The van der Waals surface area contributed by atoms with Crippen LogP contribution in [0.15, 0.2) is 90.4 Å². The molecule has 23 heavy (non-hydrogen) atoms. The number of hydrogen-bond donors (Lipinski definition) is 0. The number of aromatic nitrogens is 1. The van der Waals surface area contributed by atoms with Crippen molar-refractivity contribution in [1.82, 2.24) is 4.98 Å². The highest BCUT2D eigenvalue weighted by molar-refractivity contribution is 7.61. The third kappa shape index (κ3) is 4.10. The fourth-order valence-electron chi connectivity index (χ4n) is 2.08. The van der Waals surface area contributed by atoms with Gasteiger partial charge >= 0.3 is 0 Å². The number of para-hydroxylation sites is 1. The van der Waals surface area contributed by atoms with Gasteiger partial charge in [0.1, 0.15) is 7.80 Å². The predicted octanol–water partition coefficient (Wildman–Crippen LogP) is 4.76. The zero-order valence-corrected chi connectivity index (χ0v) is 14.1. The van der Waals surface area contributed by atoms with Gasteiger partial charge in [0.2, 0.25) is 0 Å². The molecule has 1 radical (unpaired) electrons. The topological polar surface area (TPSA) is 30.0 Å². The van der Waals surface area contributed by atoms with Crippen LogP contribution in [0.25, 0.3) is 10.2 Å².